The van der Waals surface area contributed by atoms with Crippen molar-refractivity contribution in [1.29, 1.82) is 0 Å². The van der Waals surface area contributed by atoms with Crippen molar-refractivity contribution in [2.24, 2.45) is 0 Å². The number of nitrogens with zero attached hydrogens (tertiary/aromatic N) is 1. The fourth-order valence-electron chi connectivity index (χ4n) is 1.06. The number of hydrogen-bond acceptors (Lipinski definition) is 2. The van der Waals surface area contributed by atoms with Crippen LogP contribution < -0.4 is 4.74 Å². The van der Waals surface area contributed by atoms with Gasteiger partial charge in [0.2, 0.25) is 5.88 Å². The molecule has 0 spiro atoms. The van der Waals surface area contributed by atoms with Crippen LogP contribution in [0.2, 0.25) is 0 Å². The van der Waals surface area contributed by atoms with Crippen LogP contribution >= 0.6 is 0 Å². The SMILES string of the molecule is [CH2]CCCCCOc1ccccn1. The van der Waals surface area contributed by atoms with Gasteiger partial charge in [-0.05, 0) is 12.5 Å². The van der Waals surface area contributed by atoms with Gasteiger partial charge in [0.05, 0.1) is 6.61 Å². The van der Waals surface area contributed by atoms with E-state index in [0.717, 1.165) is 25.3 Å². The largest absolute Gasteiger partial charge is 0.478 e. The fourth-order valence-corrected chi connectivity index (χ4v) is 1.06. The molecule has 0 unspecified atom stereocenters. The van der Waals surface area contributed by atoms with Gasteiger partial charge in [-0.25, -0.2) is 4.98 Å². The third kappa shape index (κ3) is 4.51. The van der Waals surface area contributed by atoms with Crippen molar-refractivity contribution < 1.29 is 4.74 Å². The van der Waals surface area contributed by atoms with Crippen molar-refractivity contribution in [3.63, 3.8) is 0 Å². The highest BCUT2D eigenvalue weighted by atomic mass is 16.5. The number of pyridine rings is 1. The lowest BCUT2D eigenvalue weighted by Crippen LogP contribution is -1.98. The number of unbranched alkanes of at least 4 members (excludes halogenated alkanes) is 3. The monoisotopic (exact) mass is 178 g/mol. The number of hydrogen-bond donors (Lipinski definition) is 0. The Morgan fingerprint density at radius 1 is 1.23 bits per heavy atom. The Morgan fingerprint density at radius 3 is 2.85 bits per heavy atom. The maximum absolute atomic E-state index is 5.42. The average molecular weight is 178 g/mol. The molecule has 0 saturated carbocycles. The molecule has 0 aromatic carbocycles. The van der Waals surface area contributed by atoms with Crippen molar-refractivity contribution in [3.05, 3.63) is 31.3 Å². The molecular formula is C11H16NO. The zero-order valence-corrected chi connectivity index (χ0v) is 7.91. The summed E-state index contributed by atoms with van der Waals surface area (Å²) in [6.07, 6.45) is 6.23. The summed E-state index contributed by atoms with van der Waals surface area (Å²) in [5, 5.41) is 0. The Balaban J connectivity index is 2.07. The Kier molecular flexibility index (Phi) is 4.99. The Hall–Kier alpha value is -1.05. The fraction of sp³-hybridized carbons (Fsp3) is 0.455. The molecule has 1 radical (unpaired) electrons. The van der Waals surface area contributed by atoms with E-state index in [1.807, 2.05) is 18.2 Å². The number of ether oxygens (including phenoxy) is 1. The molecule has 0 atom stereocenters. The highest BCUT2D eigenvalue weighted by Gasteiger charge is 1.92. The summed E-state index contributed by atoms with van der Waals surface area (Å²) in [6, 6.07) is 5.69. The van der Waals surface area contributed by atoms with Gasteiger partial charge in [0.1, 0.15) is 0 Å². The Bertz CT molecular complexity index is 211. The highest BCUT2D eigenvalue weighted by molar-refractivity contribution is 5.08. The van der Waals surface area contributed by atoms with Crippen molar-refractivity contribution >= 4 is 0 Å². The van der Waals surface area contributed by atoms with Crippen molar-refractivity contribution in [1.82, 2.24) is 4.98 Å². The first-order chi connectivity index (χ1) is 6.43. The summed E-state index contributed by atoms with van der Waals surface area (Å²) in [4.78, 5) is 4.06. The second-order valence-corrected chi connectivity index (χ2v) is 2.93. The Morgan fingerprint density at radius 2 is 2.15 bits per heavy atom. The summed E-state index contributed by atoms with van der Waals surface area (Å²) in [5.41, 5.74) is 0. The molecule has 0 amide bonds. The molecule has 71 valence electrons. The highest BCUT2D eigenvalue weighted by Crippen LogP contribution is 2.05. The van der Waals surface area contributed by atoms with Gasteiger partial charge in [-0.2, -0.15) is 0 Å². The molecule has 0 aliphatic heterocycles. The summed E-state index contributed by atoms with van der Waals surface area (Å²) in [5.74, 6) is 0.720. The predicted molar refractivity (Wildman–Crippen MR) is 53.6 cm³/mol. The van der Waals surface area contributed by atoms with E-state index in [1.165, 1.54) is 12.8 Å². The lowest BCUT2D eigenvalue weighted by molar-refractivity contribution is 0.294. The van der Waals surface area contributed by atoms with Gasteiger partial charge >= 0.3 is 0 Å². The Labute approximate surface area is 80.0 Å². The second-order valence-electron chi connectivity index (χ2n) is 2.93. The van der Waals surface area contributed by atoms with Gasteiger partial charge in [0.25, 0.3) is 0 Å². The van der Waals surface area contributed by atoms with Gasteiger partial charge in [-0.15, -0.1) is 0 Å². The van der Waals surface area contributed by atoms with Crippen molar-refractivity contribution in [3.8, 4) is 5.88 Å². The van der Waals surface area contributed by atoms with Gasteiger partial charge in [0, 0.05) is 12.3 Å². The molecule has 2 nitrogen and oxygen atoms in total. The predicted octanol–water partition coefficient (Wildman–Crippen LogP) is 2.85. The standard InChI is InChI=1S/C11H16NO/c1-2-3-4-7-10-13-11-8-5-6-9-12-11/h5-6,8-9H,1-4,7,10H2. The number of aromatic nitrogens is 1. The number of rotatable bonds is 6. The first-order valence-electron chi connectivity index (χ1n) is 4.76. The van der Waals surface area contributed by atoms with Crippen molar-refractivity contribution in [2.75, 3.05) is 6.61 Å². The van der Waals surface area contributed by atoms with Crippen LogP contribution in [0.4, 0.5) is 0 Å². The van der Waals surface area contributed by atoms with Gasteiger partial charge < -0.3 is 4.74 Å². The molecule has 0 bridgehead atoms. The maximum atomic E-state index is 5.42. The van der Waals surface area contributed by atoms with Crippen LogP contribution in [-0.4, -0.2) is 11.6 Å². The van der Waals surface area contributed by atoms with E-state index < -0.39 is 0 Å². The van der Waals surface area contributed by atoms with E-state index in [9.17, 15) is 0 Å². The molecule has 2 heteroatoms. The van der Waals surface area contributed by atoms with Gasteiger partial charge in [-0.1, -0.05) is 32.3 Å². The van der Waals surface area contributed by atoms with E-state index in [1.54, 1.807) is 6.20 Å². The van der Waals surface area contributed by atoms with E-state index >= 15 is 0 Å². The molecule has 1 aromatic heterocycles. The quantitative estimate of drug-likeness (QED) is 0.625. The van der Waals surface area contributed by atoms with Crippen LogP contribution in [0.5, 0.6) is 5.88 Å². The van der Waals surface area contributed by atoms with Crippen LogP contribution in [-0.2, 0) is 0 Å². The minimum atomic E-state index is 0.720. The minimum absolute atomic E-state index is 0.720. The van der Waals surface area contributed by atoms with Crippen LogP contribution in [0, 0.1) is 6.92 Å². The minimum Gasteiger partial charge on any atom is -0.478 e. The van der Waals surface area contributed by atoms with Crippen LogP contribution in [0.15, 0.2) is 24.4 Å². The topological polar surface area (TPSA) is 22.1 Å². The van der Waals surface area contributed by atoms with Crippen LogP contribution in [0.1, 0.15) is 25.7 Å². The van der Waals surface area contributed by atoms with Crippen LogP contribution in [0.25, 0.3) is 0 Å². The summed E-state index contributed by atoms with van der Waals surface area (Å²) >= 11 is 0. The summed E-state index contributed by atoms with van der Waals surface area (Å²) < 4.78 is 5.42. The molecule has 0 saturated heterocycles. The van der Waals surface area contributed by atoms with Crippen molar-refractivity contribution in [2.45, 2.75) is 25.7 Å². The molecule has 1 heterocycles. The van der Waals surface area contributed by atoms with E-state index in [4.69, 9.17) is 4.74 Å². The third-order valence-corrected chi connectivity index (χ3v) is 1.78. The first kappa shape index (κ1) is 10.0. The summed E-state index contributed by atoms with van der Waals surface area (Å²) in [6.45, 7) is 4.55. The molecule has 0 aliphatic carbocycles. The van der Waals surface area contributed by atoms with Gasteiger partial charge in [0.15, 0.2) is 0 Å². The van der Waals surface area contributed by atoms with E-state index in [2.05, 4.69) is 11.9 Å². The third-order valence-electron chi connectivity index (χ3n) is 1.78. The van der Waals surface area contributed by atoms with E-state index in [-0.39, 0.29) is 0 Å². The average Bonchev–Trinajstić information content (AvgIpc) is 2.19. The normalized spacial score (nSPS) is 9.92. The zero-order chi connectivity index (χ0) is 9.36. The summed E-state index contributed by atoms with van der Waals surface area (Å²) in [7, 11) is 0. The lowest BCUT2D eigenvalue weighted by Gasteiger charge is -2.03. The lowest BCUT2D eigenvalue weighted by atomic mass is 10.2. The molecular weight excluding hydrogens is 162 g/mol. The molecule has 13 heavy (non-hydrogen) atoms. The molecule has 0 aliphatic rings. The second kappa shape index (κ2) is 6.46. The van der Waals surface area contributed by atoms with Gasteiger partial charge in [-0.3, -0.25) is 0 Å². The smallest absolute Gasteiger partial charge is 0.213 e. The molecule has 1 aromatic rings. The molecule has 0 N–H and O–H groups in total. The zero-order valence-electron chi connectivity index (χ0n) is 7.91. The molecule has 0 fully saturated rings. The van der Waals surface area contributed by atoms with Crippen LogP contribution in [0.3, 0.4) is 0 Å². The maximum Gasteiger partial charge on any atom is 0.213 e. The first-order valence-corrected chi connectivity index (χ1v) is 4.76. The van der Waals surface area contributed by atoms with E-state index in [0.29, 0.717) is 0 Å². The molecule has 1 rings (SSSR count).